The van der Waals surface area contributed by atoms with Crippen molar-refractivity contribution in [2.75, 3.05) is 20.3 Å². The third-order valence-corrected chi connectivity index (χ3v) is 3.35. The molecule has 0 saturated heterocycles. The van der Waals surface area contributed by atoms with Gasteiger partial charge in [0.25, 0.3) is 0 Å². The summed E-state index contributed by atoms with van der Waals surface area (Å²) in [6.45, 7) is 3.19. The van der Waals surface area contributed by atoms with Gasteiger partial charge in [-0.25, -0.2) is 4.68 Å². The van der Waals surface area contributed by atoms with Crippen LogP contribution in [0.2, 0.25) is 0 Å². The number of methoxy groups -OCH3 is 1. The fourth-order valence-electron chi connectivity index (χ4n) is 1.98. The molecule has 0 unspecified atom stereocenters. The molecule has 1 fully saturated rings. The third kappa shape index (κ3) is 3.74. The lowest BCUT2D eigenvalue weighted by Gasteiger charge is -2.24. The number of nitrogens with one attached hydrogen (secondary N) is 1. The van der Waals surface area contributed by atoms with E-state index in [1.165, 1.54) is 25.7 Å². The predicted molar refractivity (Wildman–Crippen MR) is 63.4 cm³/mol. The standard InChI is InChI=1S/C11H21N5O/c1-17-8-6-12-9-11-13-14-15-16(11)7-5-10-3-2-4-10/h10,12H,2-9H2,1H3. The van der Waals surface area contributed by atoms with Crippen LogP contribution in [0, 0.1) is 5.92 Å². The lowest BCUT2D eigenvalue weighted by molar-refractivity contribution is 0.198. The summed E-state index contributed by atoms with van der Waals surface area (Å²) in [5, 5.41) is 15.1. The van der Waals surface area contributed by atoms with E-state index in [0.717, 1.165) is 24.8 Å². The van der Waals surface area contributed by atoms with Crippen molar-refractivity contribution in [2.45, 2.75) is 38.8 Å². The van der Waals surface area contributed by atoms with E-state index in [1.54, 1.807) is 7.11 Å². The maximum Gasteiger partial charge on any atom is 0.165 e. The maximum absolute atomic E-state index is 4.97. The number of hydrogen-bond donors (Lipinski definition) is 1. The molecule has 1 aromatic rings. The average molecular weight is 239 g/mol. The summed E-state index contributed by atoms with van der Waals surface area (Å²) in [5.74, 6) is 1.81. The lowest BCUT2D eigenvalue weighted by Crippen LogP contribution is -2.22. The number of hydrogen-bond acceptors (Lipinski definition) is 5. The van der Waals surface area contributed by atoms with Gasteiger partial charge in [-0.3, -0.25) is 0 Å². The van der Waals surface area contributed by atoms with E-state index >= 15 is 0 Å². The van der Waals surface area contributed by atoms with Crippen LogP contribution in [0.5, 0.6) is 0 Å². The van der Waals surface area contributed by atoms with Gasteiger partial charge in [0.15, 0.2) is 5.82 Å². The summed E-state index contributed by atoms with van der Waals surface area (Å²) in [5.41, 5.74) is 0. The van der Waals surface area contributed by atoms with Crippen LogP contribution in [0.1, 0.15) is 31.5 Å². The fraction of sp³-hybridized carbons (Fsp3) is 0.909. The molecule has 0 atom stereocenters. The largest absolute Gasteiger partial charge is 0.383 e. The molecule has 1 aromatic heterocycles. The number of aryl methyl sites for hydroxylation is 1. The van der Waals surface area contributed by atoms with Gasteiger partial charge in [-0.15, -0.1) is 5.10 Å². The molecule has 6 heteroatoms. The molecular formula is C11H21N5O. The molecule has 0 amide bonds. The fourth-order valence-corrected chi connectivity index (χ4v) is 1.98. The van der Waals surface area contributed by atoms with E-state index in [9.17, 15) is 0 Å². The van der Waals surface area contributed by atoms with Crippen molar-refractivity contribution >= 4 is 0 Å². The maximum atomic E-state index is 4.97. The minimum atomic E-state index is 0.709. The average Bonchev–Trinajstić information content (AvgIpc) is 2.70. The molecule has 0 aromatic carbocycles. The Hall–Kier alpha value is -1.01. The summed E-state index contributed by atoms with van der Waals surface area (Å²) in [7, 11) is 1.70. The van der Waals surface area contributed by atoms with Crippen molar-refractivity contribution in [3.8, 4) is 0 Å². The Balaban J connectivity index is 1.71. The Morgan fingerprint density at radius 1 is 1.47 bits per heavy atom. The molecule has 2 rings (SSSR count). The van der Waals surface area contributed by atoms with Crippen LogP contribution >= 0.6 is 0 Å². The predicted octanol–water partition coefficient (Wildman–Crippen LogP) is 0.599. The van der Waals surface area contributed by atoms with Crippen LogP contribution < -0.4 is 5.32 Å². The highest BCUT2D eigenvalue weighted by Crippen LogP contribution is 2.29. The summed E-state index contributed by atoms with van der Waals surface area (Å²) in [6.07, 6.45) is 5.36. The molecule has 17 heavy (non-hydrogen) atoms. The van der Waals surface area contributed by atoms with Gasteiger partial charge < -0.3 is 10.1 Å². The molecule has 1 saturated carbocycles. The molecule has 1 N–H and O–H groups in total. The number of rotatable bonds is 8. The minimum absolute atomic E-state index is 0.709. The smallest absolute Gasteiger partial charge is 0.165 e. The van der Waals surface area contributed by atoms with Crippen molar-refractivity contribution in [1.29, 1.82) is 0 Å². The van der Waals surface area contributed by atoms with Gasteiger partial charge in [0, 0.05) is 20.2 Å². The SMILES string of the molecule is COCCNCc1nnnn1CCC1CCC1. The molecule has 1 aliphatic carbocycles. The van der Waals surface area contributed by atoms with E-state index in [-0.39, 0.29) is 0 Å². The molecule has 0 bridgehead atoms. The molecular weight excluding hydrogens is 218 g/mol. The van der Waals surface area contributed by atoms with E-state index < -0.39 is 0 Å². The number of aromatic nitrogens is 4. The first kappa shape index (κ1) is 12.4. The van der Waals surface area contributed by atoms with Gasteiger partial charge >= 0.3 is 0 Å². The van der Waals surface area contributed by atoms with Crippen molar-refractivity contribution in [1.82, 2.24) is 25.5 Å². The molecule has 0 aliphatic heterocycles. The molecule has 6 nitrogen and oxygen atoms in total. The highest BCUT2D eigenvalue weighted by molar-refractivity contribution is 4.80. The third-order valence-electron chi connectivity index (χ3n) is 3.35. The number of nitrogens with zero attached hydrogens (tertiary/aromatic N) is 4. The second-order valence-electron chi connectivity index (χ2n) is 4.57. The molecule has 1 heterocycles. The Labute approximate surface area is 102 Å². The van der Waals surface area contributed by atoms with Gasteiger partial charge in [0.05, 0.1) is 13.2 Å². The van der Waals surface area contributed by atoms with Crippen molar-refractivity contribution in [3.05, 3.63) is 5.82 Å². The Morgan fingerprint density at radius 2 is 2.35 bits per heavy atom. The molecule has 96 valence electrons. The van der Waals surface area contributed by atoms with Crippen molar-refractivity contribution in [2.24, 2.45) is 5.92 Å². The van der Waals surface area contributed by atoms with Crippen LogP contribution in [0.4, 0.5) is 0 Å². The van der Waals surface area contributed by atoms with Crippen molar-refractivity contribution < 1.29 is 4.74 Å². The summed E-state index contributed by atoms with van der Waals surface area (Å²) in [4.78, 5) is 0. The quantitative estimate of drug-likeness (QED) is 0.673. The molecule has 0 spiro atoms. The topological polar surface area (TPSA) is 64.9 Å². The van der Waals surface area contributed by atoms with Crippen LogP contribution in [-0.2, 0) is 17.8 Å². The van der Waals surface area contributed by atoms with Gasteiger partial charge in [-0.1, -0.05) is 19.3 Å². The Morgan fingerprint density at radius 3 is 3.06 bits per heavy atom. The molecule has 0 radical (unpaired) electrons. The summed E-state index contributed by atoms with van der Waals surface area (Å²) in [6, 6.07) is 0. The van der Waals surface area contributed by atoms with E-state index in [4.69, 9.17) is 4.74 Å². The van der Waals surface area contributed by atoms with Gasteiger partial charge in [-0.2, -0.15) is 0 Å². The van der Waals surface area contributed by atoms with Crippen LogP contribution in [0.3, 0.4) is 0 Å². The van der Waals surface area contributed by atoms with Gasteiger partial charge in [0.2, 0.25) is 0 Å². The normalized spacial score (nSPS) is 16.1. The zero-order valence-electron chi connectivity index (χ0n) is 10.4. The van der Waals surface area contributed by atoms with Crippen LogP contribution in [0.25, 0.3) is 0 Å². The lowest BCUT2D eigenvalue weighted by atomic mass is 9.83. The highest BCUT2D eigenvalue weighted by atomic mass is 16.5. The first-order valence-electron chi connectivity index (χ1n) is 6.35. The summed E-state index contributed by atoms with van der Waals surface area (Å²) >= 11 is 0. The zero-order chi connectivity index (χ0) is 11.9. The minimum Gasteiger partial charge on any atom is -0.383 e. The Bertz CT molecular complexity index is 323. The van der Waals surface area contributed by atoms with E-state index in [0.29, 0.717) is 13.2 Å². The van der Waals surface area contributed by atoms with E-state index in [1.807, 2.05) is 4.68 Å². The molecule has 1 aliphatic rings. The van der Waals surface area contributed by atoms with Crippen molar-refractivity contribution in [3.63, 3.8) is 0 Å². The first-order valence-corrected chi connectivity index (χ1v) is 6.35. The van der Waals surface area contributed by atoms with E-state index in [2.05, 4.69) is 20.8 Å². The van der Waals surface area contributed by atoms with Crippen LogP contribution in [0.15, 0.2) is 0 Å². The van der Waals surface area contributed by atoms with Gasteiger partial charge in [-0.05, 0) is 22.8 Å². The number of tetrazole rings is 1. The highest BCUT2D eigenvalue weighted by Gasteiger charge is 2.17. The Kier molecular flexibility index (Phi) is 4.88. The van der Waals surface area contributed by atoms with Gasteiger partial charge in [0.1, 0.15) is 0 Å². The second-order valence-corrected chi connectivity index (χ2v) is 4.57. The number of ether oxygens (including phenoxy) is 1. The zero-order valence-corrected chi connectivity index (χ0v) is 10.4. The monoisotopic (exact) mass is 239 g/mol. The summed E-state index contributed by atoms with van der Waals surface area (Å²) < 4.78 is 6.89. The first-order chi connectivity index (χ1) is 8.40. The second kappa shape index (κ2) is 6.66. The van der Waals surface area contributed by atoms with Crippen LogP contribution in [-0.4, -0.2) is 40.5 Å².